The van der Waals surface area contributed by atoms with Gasteiger partial charge in [-0.25, -0.2) is 0 Å². The Labute approximate surface area is 85.5 Å². The van der Waals surface area contributed by atoms with Gasteiger partial charge in [0.15, 0.2) is 0 Å². The van der Waals surface area contributed by atoms with E-state index in [1.807, 2.05) is 11.6 Å². The molecule has 1 heterocycles. The first kappa shape index (κ1) is 11.2. The first-order chi connectivity index (χ1) is 6.55. The van der Waals surface area contributed by atoms with E-state index in [-0.39, 0.29) is 0 Å². The summed E-state index contributed by atoms with van der Waals surface area (Å²) < 4.78 is 1.97. The summed E-state index contributed by atoms with van der Waals surface area (Å²) in [4.78, 5) is 0. The van der Waals surface area contributed by atoms with Gasteiger partial charge in [0.2, 0.25) is 0 Å². The van der Waals surface area contributed by atoms with Crippen LogP contribution in [0.15, 0.2) is 6.33 Å². The average Bonchev–Trinajstić information content (AvgIpc) is 2.48. The molecule has 0 spiro atoms. The summed E-state index contributed by atoms with van der Waals surface area (Å²) in [5, 5.41) is 7.92. The van der Waals surface area contributed by atoms with Crippen molar-refractivity contribution < 1.29 is 0 Å². The van der Waals surface area contributed by atoms with Crippen molar-refractivity contribution in [2.75, 3.05) is 6.54 Å². The van der Waals surface area contributed by atoms with E-state index < -0.39 is 0 Å². The summed E-state index contributed by atoms with van der Waals surface area (Å²) in [6.45, 7) is 5.25. The zero-order valence-electron chi connectivity index (χ0n) is 9.32. The molecule has 0 aliphatic carbocycles. The molecule has 1 aromatic rings. The zero-order valence-corrected chi connectivity index (χ0v) is 9.32. The lowest BCUT2D eigenvalue weighted by atomic mass is 9.84. The molecule has 4 heteroatoms. The molecule has 0 radical (unpaired) electrons. The molecule has 1 aromatic heterocycles. The molecule has 0 atom stereocenters. The number of hydrogen-bond acceptors (Lipinski definition) is 3. The van der Waals surface area contributed by atoms with Crippen LogP contribution in [0.3, 0.4) is 0 Å². The first-order valence-corrected chi connectivity index (χ1v) is 5.08. The quantitative estimate of drug-likeness (QED) is 0.768. The van der Waals surface area contributed by atoms with Crippen LogP contribution in [0, 0.1) is 5.41 Å². The number of aromatic nitrogens is 3. The predicted octanol–water partition coefficient (Wildman–Crippen LogP) is 1.12. The Morgan fingerprint density at radius 3 is 2.64 bits per heavy atom. The molecule has 0 unspecified atom stereocenters. The van der Waals surface area contributed by atoms with Crippen molar-refractivity contribution in [1.29, 1.82) is 0 Å². The average molecular weight is 196 g/mol. The number of nitrogens with zero attached hydrogens (tertiary/aromatic N) is 3. The third-order valence-electron chi connectivity index (χ3n) is 2.65. The van der Waals surface area contributed by atoms with Gasteiger partial charge in [0.25, 0.3) is 0 Å². The van der Waals surface area contributed by atoms with Crippen molar-refractivity contribution >= 4 is 0 Å². The predicted molar refractivity (Wildman–Crippen MR) is 56.8 cm³/mol. The molecule has 1 rings (SSSR count). The first-order valence-electron chi connectivity index (χ1n) is 5.08. The van der Waals surface area contributed by atoms with Crippen LogP contribution >= 0.6 is 0 Å². The Morgan fingerprint density at radius 1 is 1.43 bits per heavy atom. The van der Waals surface area contributed by atoms with Crippen LogP contribution in [0.5, 0.6) is 0 Å². The smallest absolute Gasteiger partial charge is 0.132 e. The highest BCUT2D eigenvalue weighted by Gasteiger charge is 2.17. The van der Waals surface area contributed by atoms with Crippen LogP contribution < -0.4 is 5.73 Å². The number of aryl methyl sites for hydroxylation is 2. The lowest BCUT2D eigenvalue weighted by Gasteiger charge is -2.23. The van der Waals surface area contributed by atoms with Gasteiger partial charge in [0, 0.05) is 13.5 Å². The van der Waals surface area contributed by atoms with E-state index in [4.69, 9.17) is 5.73 Å². The van der Waals surface area contributed by atoms with Gasteiger partial charge in [0.1, 0.15) is 12.2 Å². The molecule has 0 amide bonds. The van der Waals surface area contributed by atoms with Gasteiger partial charge in [0.05, 0.1) is 0 Å². The fourth-order valence-electron chi connectivity index (χ4n) is 1.50. The highest BCUT2D eigenvalue weighted by Crippen LogP contribution is 2.25. The topological polar surface area (TPSA) is 56.7 Å². The SMILES string of the molecule is Cn1cnnc1CCC(C)(C)CCN. The lowest BCUT2D eigenvalue weighted by molar-refractivity contribution is 0.310. The van der Waals surface area contributed by atoms with Gasteiger partial charge in [-0.15, -0.1) is 10.2 Å². The molecule has 0 fully saturated rings. The van der Waals surface area contributed by atoms with Gasteiger partial charge in [-0.2, -0.15) is 0 Å². The Morgan fingerprint density at radius 2 is 2.14 bits per heavy atom. The minimum Gasteiger partial charge on any atom is -0.330 e. The summed E-state index contributed by atoms with van der Waals surface area (Å²) in [5.41, 5.74) is 5.87. The fourth-order valence-corrected chi connectivity index (χ4v) is 1.50. The Bertz CT molecular complexity index is 277. The van der Waals surface area contributed by atoms with Crippen molar-refractivity contribution in [3.8, 4) is 0 Å². The van der Waals surface area contributed by atoms with E-state index in [0.717, 1.165) is 31.6 Å². The van der Waals surface area contributed by atoms with Gasteiger partial charge in [-0.3, -0.25) is 0 Å². The van der Waals surface area contributed by atoms with Crippen molar-refractivity contribution in [2.45, 2.75) is 33.1 Å². The molecule has 0 aliphatic rings. The summed E-state index contributed by atoms with van der Waals surface area (Å²) in [7, 11) is 1.98. The third-order valence-corrected chi connectivity index (χ3v) is 2.65. The molecule has 14 heavy (non-hydrogen) atoms. The van der Waals surface area contributed by atoms with Crippen LogP contribution in [0.25, 0.3) is 0 Å². The van der Waals surface area contributed by atoms with E-state index >= 15 is 0 Å². The molecule has 4 nitrogen and oxygen atoms in total. The number of nitrogens with two attached hydrogens (primary N) is 1. The van der Waals surface area contributed by atoms with E-state index in [0.29, 0.717) is 5.41 Å². The second-order valence-corrected chi connectivity index (χ2v) is 4.56. The largest absolute Gasteiger partial charge is 0.330 e. The zero-order chi connectivity index (χ0) is 10.6. The molecule has 80 valence electrons. The van der Waals surface area contributed by atoms with Crippen molar-refractivity contribution in [2.24, 2.45) is 18.2 Å². The van der Waals surface area contributed by atoms with E-state index in [1.54, 1.807) is 6.33 Å². The molecular formula is C10H20N4. The minimum atomic E-state index is 0.306. The molecule has 0 aromatic carbocycles. The summed E-state index contributed by atoms with van der Waals surface area (Å²) in [5.74, 6) is 1.05. The maximum Gasteiger partial charge on any atom is 0.132 e. The van der Waals surface area contributed by atoms with E-state index in [1.165, 1.54) is 0 Å². The standard InChI is InChI=1S/C10H20N4/c1-10(2,6-7-11)5-4-9-13-12-8-14(9)3/h8H,4-7,11H2,1-3H3. The monoisotopic (exact) mass is 196 g/mol. The van der Waals surface area contributed by atoms with Crippen LogP contribution in [-0.2, 0) is 13.5 Å². The van der Waals surface area contributed by atoms with Crippen molar-refractivity contribution in [3.63, 3.8) is 0 Å². The van der Waals surface area contributed by atoms with E-state index in [9.17, 15) is 0 Å². The maximum absolute atomic E-state index is 5.56. The van der Waals surface area contributed by atoms with Gasteiger partial charge in [-0.1, -0.05) is 13.8 Å². The van der Waals surface area contributed by atoms with Gasteiger partial charge < -0.3 is 10.3 Å². The highest BCUT2D eigenvalue weighted by atomic mass is 15.2. The maximum atomic E-state index is 5.56. The third kappa shape index (κ3) is 3.10. The Balaban J connectivity index is 2.44. The molecular weight excluding hydrogens is 176 g/mol. The highest BCUT2D eigenvalue weighted by molar-refractivity contribution is 4.86. The second-order valence-electron chi connectivity index (χ2n) is 4.56. The molecule has 0 aliphatic heterocycles. The normalized spacial score (nSPS) is 12.0. The van der Waals surface area contributed by atoms with Crippen LogP contribution in [0.4, 0.5) is 0 Å². The minimum absolute atomic E-state index is 0.306. The van der Waals surface area contributed by atoms with Crippen molar-refractivity contribution in [1.82, 2.24) is 14.8 Å². The summed E-state index contributed by atoms with van der Waals surface area (Å²) in [6.07, 6.45) is 4.89. The summed E-state index contributed by atoms with van der Waals surface area (Å²) >= 11 is 0. The Hall–Kier alpha value is -0.900. The molecule has 2 N–H and O–H groups in total. The van der Waals surface area contributed by atoms with Crippen LogP contribution in [0.1, 0.15) is 32.5 Å². The molecule has 0 saturated carbocycles. The molecule has 0 bridgehead atoms. The van der Waals surface area contributed by atoms with Crippen LogP contribution in [-0.4, -0.2) is 21.3 Å². The van der Waals surface area contributed by atoms with E-state index in [2.05, 4.69) is 24.0 Å². The fraction of sp³-hybridized carbons (Fsp3) is 0.800. The Kier molecular flexibility index (Phi) is 3.63. The molecule has 0 saturated heterocycles. The van der Waals surface area contributed by atoms with Crippen LogP contribution in [0.2, 0.25) is 0 Å². The number of rotatable bonds is 5. The summed E-state index contributed by atoms with van der Waals surface area (Å²) in [6, 6.07) is 0. The van der Waals surface area contributed by atoms with Gasteiger partial charge >= 0.3 is 0 Å². The lowest BCUT2D eigenvalue weighted by Crippen LogP contribution is -2.18. The number of hydrogen-bond donors (Lipinski definition) is 1. The van der Waals surface area contributed by atoms with Crippen molar-refractivity contribution in [3.05, 3.63) is 12.2 Å². The van der Waals surface area contributed by atoms with Gasteiger partial charge in [-0.05, 0) is 24.8 Å². The second kappa shape index (κ2) is 4.55.